The topological polar surface area (TPSA) is 45.8 Å². The first-order valence-electron chi connectivity index (χ1n) is 6.43. The van der Waals surface area contributed by atoms with Gasteiger partial charge < -0.3 is 4.57 Å². The summed E-state index contributed by atoms with van der Waals surface area (Å²) in [6, 6.07) is 13.6. The molecule has 102 valence electrons. The number of fused-ring (bicyclic) bond motifs is 1. The SMILES string of the molecule is N#Cc1cc(F)cc(Cn2ccc3ccc(C=O)cc32)c1. The van der Waals surface area contributed by atoms with Gasteiger partial charge in [-0.2, -0.15) is 5.26 Å². The van der Waals surface area contributed by atoms with Gasteiger partial charge in [-0.15, -0.1) is 0 Å². The zero-order valence-corrected chi connectivity index (χ0v) is 11.1. The number of aromatic nitrogens is 1. The maximum absolute atomic E-state index is 13.5. The fraction of sp³-hybridized carbons (Fsp3) is 0.0588. The van der Waals surface area contributed by atoms with Gasteiger partial charge in [0, 0.05) is 23.8 Å². The molecule has 0 amide bonds. The van der Waals surface area contributed by atoms with E-state index in [0.29, 0.717) is 23.2 Å². The molecule has 0 saturated heterocycles. The number of carbonyl (C=O) groups is 1. The standard InChI is InChI=1S/C17H11FN2O/c18-16-6-13(9-19)5-14(7-16)10-20-4-3-15-2-1-12(11-21)8-17(15)20/h1-8,11H,10H2. The lowest BCUT2D eigenvalue weighted by atomic mass is 10.1. The lowest BCUT2D eigenvalue weighted by Gasteiger charge is -2.07. The fourth-order valence-corrected chi connectivity index (χ4v) is 2.42. The maximum Gasteiger partial charge on any atom is 0.150 e. The second-order valence-electron chi connectivity index (χ2n) is 4.84. The Bertz CT molecular complexity index is 874. The van der Waals surface area contributed by atoms with Crippen LogP contribution in [0.3, 0.4) is 0 Å². The van der Waals surface area contributed by atoms with E-state index >= 15 is 0 Å². The van der Waals surface area contributed by atoms with Gasteiger partial charge in [0.15, 0.2) is 0 Å². The average molecular weight is 278 g/mol. The van der Waals surface area contributed by atoms with Crippen molar-refractivity contribution in [1.29, 1.82) is 5.26 Å². The first-order valence-corrected chi connectivity index (χ1v) is 6.43. The third kappa shape index (κ3) is 2.54. The summed E-state index contributed by atoms with van der Waals surface area (Å²) in [5.74, 6) is -0.422. The Balaban J connectivity index is 2.04. The van der Waals surface area contributed by atoms with Crippen LogP contribution in [0.25, 0.3) is 10.9 Å². The minimum Gasteiger partial charge on any atom is -0.343 e. The summed E-state index contributed by atoms with van der Waals surface area (Å²) in [5.41, 5.74) is 2.51. The van der Waals surface area contributed by atoms with Gasteiger partial charge in [0.2, 0.25) is 0 Å². The Hall–Kier alpha value is -2.93. The highest BCUT2D eigenvalue weighted by Gasteiger charge is 2.05. The number of benzene rings is 2. The van der Waals surface area contributed by atoms with Gasteiger partial charge >= 0.3 is 0 Å². The molecule has 0 aliphatic heterocycles. The van der Waals surface area contributed by atoms with Gasteiger partial charge in [0.1, 0.15) is 12.1 Å². The quantitative estimate of drug-likeness (QED) is 0.688. The zero-order valence-electron chi connectivity index (χ0n) is 11.1. The van der Waals surface area contributed by atoms with Crippen LogP contribution >= 0.6 is 0 Å². The third-order valence-electron chi connectivity index (χ3n) is 3.37. The highest BCUT2D eigenvalue weighted by Crippen LogP contribution is 2.19. The van der Waals surface area contributed by atoms with Crippen molar-refractivity contribution in [2.75, 3.05) is 0 Å². The van der Waals surface area contributed by atoms with Crippen LogP contribution in [0.5, 0.6) is 0 Å². The van der Waals surface area contributed by atoms with Crippen molar-refractivity contribution in [1.82, 2.24) is 4.57 Å². The summed E-state index contributed by atoms with van der Waals surface area (Å²) in [6.45, 7) is 0.443. The van der Waals surface area contributed by atoms with Crippen LogP contribution in [-0.4, -0.2) is 10.9 Å². The summed E-state index contributed by atoms with van der Waals surface area (Å²) in [4.78, 5) is 10.9. The Morgan fingerprint density at radius 3 is 2.81 bits per heavy atom. The summed E-state index contributed by atoms with van der Waals surface area (Å²) >= 11 is 0. The van der Waals surface area contributed by atoms with Gasteiger partial charge in [0.05, 0.1) is 11.6 Å². The first kappa shape index (κ1) is 13.1. The van der Waals surface area contributed by atoms with Crippen molar-refractivity contribution in [3.8, 4) is 6.07 Å². The molecule has 0 spiro atoms. The molecular formula is C17H11FN2O. The molecule has 0 unspecified atom stereocenters. The molecule has 0 N–H and O–H groups in total. The van der Waals surface area contributed by atoms with Gasteiger partial charge in [-0.1, -0.05) is 12.1 Å². The smallest absolute Gasteiger partial charge is 0.150 e. The highest BCUT2D eigenvalue weighted by atomic mass is 19.1. The van der Waals surface area contributed by atoms with Crippen LogP contribution in [-0.2, 0) is 6.54 Å². The third-order valence-corrected chi connectivity index (χ3v) is 3.37. The van der Waals surface area contributed by atoms with E-state index in [2.05, 4.69) is 0 Å². The van der Waals surface area contributed by atoms with Crippen LogP contribution in [0.4, 0.5) is 4.39 Å². The summed E-state index contributed by atoms with van der Waals surface area (Å²) < 4.78 is 15.4. The molecule has 0 saturated carbocycles. The Morgan fingerprint density at radius 1 is 1.19 bits per heavy atom. The molecule has 1 heterocycles. The Morgan fingerprint density at radius 2 is 2.05 bits per heavy atom. The van der Waals surface area contributed by atoms with Crippen LogP contribution < -0.4 is 0 Å². The molecule has 0 atom stereocenters. The number of nitrogens with zero attached hydrogens (tertiary/aromatic N) is 2. The largest absolute Gasteiger partial charge is 0.343 e. The van der Waals surface area contributed by atoms with Crippen LogP contribution in [0.2, 0.25) is 0 Å². The van der Waals surface area contributed by atoms with E-state index in [1.165, 1.54) is 12.1 Å². The normalized spacial score (nSPS) is 10.5. The zero-order chi connectivity index (χ0) is 14.8. The molecule has 0 aliphatic rings. The maximum atomic E-state index is 13.5. The lowest BCUT2D eigenvalue weighted by Crippen LogP contribution is -1.99. The number of nitriles is 1. The monoisotopic (exact) mass is 278 g/mol. The van der Waals surface area contributed by atoms with E-state index < -0.39 is 5.82 Å². The summed E-state index contributed by atoms with van der Waals surface area (Å²) in [5, 5.41) is 9.90. The van der Waals surface area contributed by atoms with E-state index in [1.54, 1.807) is 18.2 Å². The number of carbonyl (C=O) groups excluding carboxylic acids is 1. The number of halogens is 1. The van der Waals surface area contributed by atoms with Crippen molar-refractivity contribution in [3.63, 3.8) is 0 Å². The van der Waals surface area contributed by atoms with E-state index in [9.17, 15) is 9.18 Å². The van der Waals surface area contributed by atoms with Crippen molar-refractivity contribution < 1.29 is 9.18 Å². The fourth-order valence-electron chi connectivity index (χ4n) is 2.42. The minimum absolute atomic E-state index is 0.301. The van der Waals surface area contributed by atoms with Crippen LogP contribution in [0.1, 0.15) is 21.5 Å². The minimum atomic E-state index is -0.422. The summed E-state index contributed by atoms with van der Waals surface area (Å²) in [6.07, 6.45) is 2.68. The molecule has 0 radical (unpaired) electrons. The van der Waals surface area contributed by atoms with Gasteiger partial charge in [0.25, 0.3) is 0 Å². The lowest BCUT2D eigenvalue weighted by molar-refractivity contribution is 0.112. The molecular weight excluding hydrogens is 267 g/mol. The van der Waals surface area contributed by atoms with Crippen molar-refractivity contribution in [2.45, 2.75) is 6.54 Å². The van der Waals surface area contributed by atoms with E-state index in [1.807, 2.05) is 29.0 Å². The highest BCUT2D eigenvalue weighted by molar-refractivity contribution is 5.87. The molecule has 0 aliphatic carbocycles. The first-order chi connectivity index (χ1) is 10.2. The van der Waals surface area contributed by atoms with Gasteiger partial charge in [-0.25, -0.2) is 4.39 Å². The van der Waals surface area contributed by atoms with E-state index in [4.69, 9.17) is 5.26 Å². The molecule has 1 aromatic heterocycles. The molecule has 3 nitrogen and oxygen atoms in total. The van der Waals surface area contributed by atoms with Crippen molar-refractivity contribution >= 4 is 17.2 Å². The number of rotatable bonds is 3. The molecule has 3 aromatic rings. The summed E-state index contributed by atoms with van der Waals surface area (Å²) in [7, 11) is 0. The second kappa shape index (κ2) is 5.22. The number of hydrogen-bond donors (Lipinski definition) is 0. The average Bonchev–Trinajstić information content (AvgIpc) is 2.88. The number of hydrogen-bond acceptors (Lipinski definition) is 2. The van der Waals surface area contributed by atoms with Crippen molar-refractivity contribution in [3.05, 3.63) is 71.2 Å². The molecule has 0 fully saturated rings. The van der Waals surface area contributed by atoms with Crippen molar-refractivity contribution in [2.24, 2.45) is 0 Å². The van der Waals surface area contributed by atoms with E-state index in [-0.39, 0.29) is 0 Å². The second-order valence-corrected chi connectivity index (χ2v) is 4.84. The predicted molar refractivity (Wildman–Crippen MR) is 77.5 cm³/mol. The van der Waals surface area contributed by atoms with Gasteiger partial charge in [-0.05, 0) is 41.3 Å². The van der Waals surface area contributed by atoms with Crippen LogP contribution in [0.15, 0.2) is 48.7 Å². The molecule has 4 heteroatoms. The van der Waals surface area contributed by atoms with Crippen LogP contribution in [0, 0.1) is 17.1 Å². The molecule has 3 rings (SSSR count). The molecule has 0 bridgehead atoms. The molecule has 21 heavy (non-hydrogen) atoms. The van der Waals surface area contributed by atoms with Gasteiger partial charge in [-0.3, -0.25) is 4.79 Å². The number of aldehydes is 1. The van der Waals surface area contributed by atoms with E-state index in [0.717, 1.165) is 17.2 Å². The molecule has 2 aromatic carbocycles. The Kier molecular flexibility index (Phi) is 3.25. The Labute approximate surface area is 120 Å². The predicted octanol–water partition coefficient (Wildman–Crippen LogP) is 3.51.